The topological polar surface area (TPSA) is 15.3 Å². The Balaban J connectivity index is 3.39. The Morgan fingerprint density at radius 3 is 2.30 bits per heavy atom. The highest BCUT2D eigenvalue weighted by Gasteiger charge is 2.01. The Labute approximate surface area is 64.6 Å². The summed E-state index contributed by atoms with van der Waals surface area (Å²) in [6.45, 7) is 8.96. The van der Waals surface area contributed by atoms with Crippen LogP contribution in [0, 0.1) is 5.92 Å². The third-order valence-electron chi connectivity index (χ3n) is 1.40. The van der Waals surface area contributed by atoms with Gasteiger partial charge >= 0.3 is 0 Å². The van der Waals surface area contributed by atoms with Crippen molar-refractivity contribution >= 4 is 0 Å². The molecule has 62 valence electrons. The maximum atomic E-state index is 3.17. The minimum absolute atomic E-state index is 0.749. The molecule has 0 aliphatic heterocycles. The molecule has 0 unspecified atom stereocenters. The highest BCUT2D eigenvalue weighted by atomic mass is 15.5. The fraction of sp³-hybridized carbons (Fsp3) is 1.00. The zero-order valence-electron chi connectivity index (χ0n) is 7.65. The van der Waals surface area contributed by atoms with Crippen LogP contribution in [-0.4, -0.2) is 25.1 Å². The fourth-order valence-electron chi connectivity index (χ4n) is 1.01. The van der Waals surface area contributed by atoms with Gasteiger partial charge in [-0.15, -0.1) is 0 Å². The van der Waals surface area contributed by atoms with Crippen LogP contribution in [0.15, 0.2) is 0 Å². The molecular formula is C8H20N2. The fourth-order valence-corrected chi connectivity index (χ4v) is 1.01. The van der Waals surface area contributed by atoms with Crippen LogP contribution >= 0.6 is 0 Å². The minimum Gasteiger partial charge on any atom is -0.258 e. The molecule has 2 heteroatoms. The van der Waals surface area contributed by atoms with E-state index in [1.165, 1.54) is 6.42 Å². The van der Waals surface area contributed by atoms with Gasteiger partial charge in [-0.3, -0.25) is 5.43 Å². The normalized spacial score (nSPS) is 11.4. The zero-order valence-corrected chi connectivity index (χ0v) is 7.65. The highest BCUT2D eigenvalue weighted by molar-refractivity contribution is 4.52. The molecule has 1 N–H and O–H groups in total. The Hall–Kier alpha value is -0.0800. The summed E-state index contributed by atoms with van der Waals surface area (Å²) in [5.74, 6) is 0.749. The van der Waals surface area contributed by atoms with Crippen molar-refractivity contribution in [3.05, 3.63) is 0 Å². The minimum atomic E-state index is 0.749. The molecule has 0 aromatic carbocycles. The van der Waals surface area contributed by atoms with E-state index >= 15 is 0 Å². The third kappa shape index (κ3) is 4.77. The van der Waals surface area contributed by atoms with Crippen molar-refractivity contribution in [2.45, 2.75) is 27.2 Å². The molecule has 10 heavy (non-hydrogen) atoms. The summed E-state index contributed by atoms with van der Waals surface area (Å²) in [4.78, 5) is 0. The predicted octanol–water partition coefficient (Wildman–Crippen LogP) is 1.49. The molecule has 0 saturated heterocycles. The van der Waals surface area contributed by atoms with Gasteiger partial charge < -0.3 is 0 Å². The second-order valence-electron chi connectivity index (χ2n) is 3.06. The van der Waals surface area contributed by atoms with Crippen molar-refractivity contribution in [1.29, 1.82) is 0 Å². The first-order chi connectivity index (χ1) is 4.70. The highest BCUT2D eigenvalue weighted by Crippen LogP contribution is 1.95. The van der Waals surface area contributed by atoms with Gasteiger partial charge in [0.05, 0.1) is 0 Å². The smallest absolute Gasteiger partial charge is 0.0153 e. The van der Waals surface area contributed by atoms with Crippen molar-refractivity contribution in [2.24, 2.45) is 5.92 Å². The summed E-state index contributed by atoms with van der Waals surface area (Å²) in [6.07, 6.45) is 1.22. The predicted molar refractivity (Wildman–Crippen MR) is 45.8 cm³/mol. The van der Waals surface area contributed by atoms with Crippen LogP contribution in [0.5, 0.6) is 0 Å². The molecule has 0 spiro atoms. The molecule has 0 fully saturated rings. The van der Waals surface area contributed by atoms with E-state index in [0.717, 1.165) is 19.0 Å². The lowest BCUT2D eigenvalue weighted by Crippen LogP contribution is -2.38. The summed E-state index contributed by atoms with van der Waals surface area (Å²) in [5.41, 5.74) is 3.17. The van der Waals surface area contributed by atoms with Gasteiger partial charge in [0, 0.05) is 13.1 Å². The Bertz CT molecular complexity index is 71.7. The second kappa shape index (κ2) is 5.69. The van der Waals surface area contributed by atoms with E-state index in [1.807, 2.05) is 7.05 Å². The second-order valence-corrected chi connectivity index (χ2v) is 3.06. The van der Waals surface area contributed by atoms with E-state index in [2.05, 4.69) is 31.2 Å². The van der Waals surface area contributed by atoms with Crippen molar-refractivity contribution in [2.75, 3.05) is 20.1 Å². The lowest BCUT2D eigenvalue weighted by molar-refractivity contribution is 0.184. The van der Waals surface area contributed by atoms with Crippen LogP contribution in [0.4, 0.5) is 0 Å². The molecule has 0 aliphatic carbocycles. The van der Waals surface area contributed by atoms with Crippen LogP contribution in [0.3, 0.4) is 0 Å². The molecule has 0 bridgehead atoms. The number of nitrogens with one attached hydrogen (secondary N) is 1. The number of nitrogens with zero attached hydrogens (tertiary/aromatic N) is 1. The van der Waals surface area contributed by atoms with E-state index in [9.17, 15) is 0 Å². The van der Waals surface area contributed by atoms with Crippen molar-refractivity contribution < 1.29 is 0 Å². The van der Waals surface area contributed by atoms with E-state index in [0.29, 0.717) is 0 Å². The molecule has 0 amide bonds. The molecule has 0 radical (unpaired) electrons. The molecule has 0 saturated carbocycles. The van der Waals surface area contributed by atoms with Crippen molar-refractivity contribution in [3.8, 4) is 0 Å². The largest absolute Gasteiger partial charge is 0.258 e. The molecule has 0 atom stereocenters. The Morgan fingerprint density at radius 2 is 2.00 bits per heavy atom. The van der Waals surface area contributed by atoms with Gasteiger partial charge in [0.25, 0.3) is 0 Å². The van der Waals surface area contributed by atoms with Gasteiger partial charge in [-0.2, -0.15) is 0 Å². The number of hydrazine groups is 1. The third-order valence-corrected chi connectivity index (χ3v) is 1.40. The first-order valence-electron chi connectivity index (χ1n) is 4.13. The molecule has 0 aliphatic rings. The van der Waals surface area contributed by atoms with Gasteiger partial charge in [0.1, 0.15) is 0 Å². The summed E-state index contributed by atoms with van der Waals surface area (Å²) < 4.78 is 0. The first-order valence-corrected chi connectivity index (χ1v) is 4.13. The SMILES string of the molecule is CCCN(CC(C)C)NC. The molecule has 0 aromatic heterocycles. The van der Waals surface area contributed by atoms with Gasteiger partial charge in [0.2, 0.25) is 0 Å². The molecular weight excluding hydrogens is 124 g/mol. The maximum Gasteiger partial charge on any atom is 0.0153 e. The van der Waals surface area contributed by atoms with Crippen molar-refractivity contribution in [1.82, 2.24) is 10.4 Å². The Kier molecular flexibility index (Phi) is 5.64. The zero-order chi connectivity index (χ0) is 7.98. The molecule has 2 nitrogen and oxygen atoms in total. The van der Waals surface area contributed by atoms with E-state index in [-0.39, 0.29) is 0 Å². The van der Waals surface area contributed by atoms with Crippen LogP contribution in [-0.2, 0) is 0 Å². The maximum absolute atomic E-state index is 3.17. The summed E-state index contributed by atoms with van der Waals surface area (Å²) in [7, 11) is 1.98. The van der Waals surface area contributed by atoms with Crippen LogP contribution < -0.4 is 5.43 Å². The van der Waals surface area contributed by atoms with Gasteiger partial charge in [0.15, 0.2) is 0 Å². The van der Waals surface area contributed by atoms with Gasteiger partial charge in [-0.25, -0.2) is 5.01 Å². The quantitative estimate of drug-likeness (QED) is 0.588. The number of hydrogen-bond acceptors (Lipinski definition) is 2. The standard InChI is InChI=1S/C8H20N2/c1-5-6-10(9-4)7-8(2)3/h8-9H,5-7H2,1-4H3. The molecule has 0 aromatic rings. The lowest BCUT2D eigenvalue weighted by atomic mass is 10.2. The molecule has 0 rings (SSSR count). The monoisotopic (exact) mass is 144 g/mol. The average molecular weight is 144 g/mol. The Morgan fingerprint density at radius 1 is 1.40 bits per heavy atom. The van der Waals surface area contributed by atoms with Gasteiger partial charge in [-0.05, 0) is 19.4 Å². The van der Waals surface area contributed by atoms with Crippen LogP contribution in [0.25, 0.3) is 0 Å². The summed E-state index contributed by atoms with van der Waals surface area (Å²) in [6, 6.07) is 0. The van der Waals surface area contributed by atoms with Crippen molar-refractivity contribution in [3.63, 3.8) is 0 Å². The number of rotatable bonds is 5. The van der Waals surface area contributed by atoms with Gasteiger partial charge in [-0.1, -0.05) is 20.8 Å². The number of hydrogen-bond donors (Lipinski definition) is 1. The van der Waals surface area contributed by atoms with Crippen LogP contribution in [0.1, 0.15) is 27.2 Å². The summed E-state index contributed by atoms with van der Waals surface area (Å²) >= 11 is 0. The van der Waals surface area contributed by atoms with E-state index in [4.69, 9.17) is 0 Å². The van der Waals surface area contributed by atoms with E-state index < -0.39 is 0 Å². The van der Waals surface area contributed by atoms with Crippen LogP contribution in [0.2, 0.25) is 0 Å². The summed E-state index contributed by atoms with van der Waals surface area (Å²) in [5, 5.41) is 2.25. The first kappa shape index (κ1) is 9.92. The molecule has 0 heterocycles. The lowest BCUT2D eigenvalue weighted by Gasteiger charge is -2.21. The average Bonchev–Trinajstić information content (AvgIpc) is 1.86. The van der Waals surface area contributed by atoms with E-state index in [1.54, 1.807) is 0 Å².